The van der Waals surface area contributed by atoms with E-state index in [0.29, 0.717) is 0 Å². The normalized spacial score (nSPS) is 12.7. The summed E-state index contributed by atoms with van der Waals surface area (Å²) in [4.78, 5) is 2.49. The maximum atomic E-state index is 2.49. The summed E-state index contributed by atoms with van der Waals surface area (Å²) < 4.78 is 0. The van der Waals surface area contributed by atoms with Crippen molar-refractivity contribution in [3.05, 3.63) is 260 Å². The number of hydrogen-bond acceptors (Lipinski definition) is 1. The topological polar surface area (TPSA) is 3.24 Å². The summed E-state index contributed by atoms with van der Waals surface area (Å²) >= 11 is 0. The molecule has 0 fully saturated rings. The third-order valence-corrected chi connectivity index (χ3v) is 14.6. The Bertz CT molecular complexity index is 3900. The highest BCUT2D eigenvalue weighted by Gasteiger charge is 2.37. The summed E-state index contributed by atoms with van der Waals surface area (Å²) in [7, 11) is 0. The molecule has 68 heavy (non-hydrogen) atoms. The molecule has 0 bridgehead atoms. The van der Waals surface area contributed by atoms with E-state index in [1.54, 1.807) is 0 Å². The minimum Gasteiger partial charge on any atom is -0.310 e. The number of rotatable bonds is 7. The average Bonchev–Trinajstić information content (AvgIpc) is 3.63. The van der Waals surface area contributed by atoms with E-state index in [2.05, 4.69) is 267 Å². The molecular formula is C67H47N. The highest BCUT2D eigenvalue weighted by molar-refractivity contribution is 6.21. The van der Waals surface area contributed by atoms with Gasteiger partial charge < -0.3 is 4.90 Å². The van der Waals surface area contributed by atoms with Crippen LogP contribution in [0.15, 0.2) is 249 Å². The molecule has 0 spiro atoms. The first-order valence-electron chi connectivity index (χ1n) is 23.8. The van der Waals surface area contributed by atoms with Gasteiger partial charge in [0, 0.05) is 22.4 Å². The van der Waals surface area contributed by atoms with Crippen LogP contribution in [0.4, 0.5) is 17.1 Å². The van der Waals surface area contributed by atoms with Gasteiger partial charge in [0.05, 0.1) is 5.69 Å². The van der Waals surface area contributed by atoms with E-state index in [1.807, 2.05) is 0 Å². The molecule has 0 N–H and O–H groups in total. The van der Waals surface area contributed by atoms with Crippen molar-refractivity contribution in [3.63, 3.8) is 0 Å². The number of anilines is 3. The van der Waals surface area contributed by atoms with Gasteiger partial charge in [-0.05, 0) is 147 Å². The molecule has 0 heterocycles. The Hall–Kier alpha value is -8.52. The molecule has 0 saturated carbocycles. The van der Waals surface area contributed by atoms with Gasteiger partial charge in [0.15, 0.2) is 0 Å². The third-order valence-electron chi connectivity index (χ3n) is 14.6. The van der Waals surface area contributed by atoms with E-state index >= 15 is 0 Å². The van der Waals surface area contributed by atoms with Crippen LogP contribution >= 0.6 is 0 Å². The van der Waals surface area contributed by atoms with Crippen molar-refractivity contribution in [2.75, 3.05) is 4.90 Å². The summed E-state index contributed by atoms with van der Waals surface area (Å²) in [5.74, 6) is 0. The summed E-state index contributed by atoms with van der Waals surface area (Å²) in [5, 5.41) is 10.1. The molecule has 1 aliphatic carbocycles. The fourth-order valence-corrected chi connectivity index (χ4v) is 11.4. The molecule has 1 heteroatoms. The van der Waals surface area contributed by atoms with Crippen LogP contribution < -0.4 is 4.90 Å². The molecule has 12 aromatic carbocycles. The molecule has 0 aromatic heterocycles. The van der Waals surface area contributed by atoms with Gasteiger partial charge in [0.25, 0.3) is 0 Å². The van der Waals surface area contributed by atoms with Crippen molar-refractivity contribution < 1.29 is 0 Å². The van der Waals surface area contributed by atoms with Gasteiger partial charge in [-0.1, -0.05) is 220 Å². The van der Waals surface area contributed by atoms with Crippen LogP contribution in [0.1, 0.15) is 25.0 Å². The molecule has 0 radical (unpaired) electrons. The van der Waals surface area contributed by atoms with Crippen LogP contribution in [-0.2, 0) is 5.41 Å². The zero-order chi connectivity index (χ0) is 45.3. The molecule has 12 aromatic rings. The standard InChI is InChI=1S/C67H47N/c1-67(2)62-32-18-17-29-56(62)61-42-60(44-19-5-3-6-20-44)64(43-63(61)67)68(49-37-33-45(34-38-49)59-41-48-23-9-10-24-51(48)52-25-11-12-28-55(52)59)50-39-35-47(36-40-50)66-58-31-16-14-27-54(58)53-26-13-15-30-57(53)65(66)46-21-7-4-8-22-46/h3-43H,1-2H3. The fourth-order valence-electron chi connectivity index (χ4n) is 11.4. The van der Waals surface area contributed by atoms with E-state index in [0.717, 1.165) is 17.1 Å². The van der Waals surface area contributed by atoms with Gasteiger partial charge in [-0.2, -0.15) is 0 Å². The average molecular weight is 866 g/mol. The summed E-state index contributed by atoms with van der Waals surface area (Å²) in [6.07, 6.45) is 0. The summed E-state index contributed by atoms with van der Waals surface area (Å²) in [6.45, 7) is 4.76. The molecule has 13 rings (SSSR count). The van der Waals surface area contributed by atoms with E-state index in [4.69, 9.17) is 0 Å². The first-order valence-corrected chi connectivity index (χ1v) is 23.8. The Morgan fingerprint density at radius 2 is 0.721 bits per heavy atom. The van der Waals surface area contributed by atoms with Crippen LogP contribution in [0.25, 0.3) is 98.7 Å². The van der Waals surface area contributed by atoms with Crippen molar-refractivity contribution in [2.24, 2.45) is 0 Å². The van der Waals surface area contributed by atoms with Gasteiger partial charge in [0.2, 0.25) is 0 Å². The highest BCUT2D eigenvalue weighted by atomic mass is 15.1. The Kier molecular flexibility index (Phi) is 9.27. The minimum atomic E-state index is -0.183. The number of hydrogen-bond donors (Lipinski definition) is 0. The molecule has 0 unspecified atom stereocenters. The number of fused-ring (bicyclic) bond motifs is 9. The lowest BCUT2D eigenvalue weighted by atomic mass is 9.81. The number of benzene rings is 12. The maximum absolute atomic E-state index is 2.49. The second-order valence-electron chi connectivity index (χ2n) is 18.8. The van der Waals surface area contributed by atoms with Crippen molar-refractivity contribution in [1.82, 2.24) is 0 Å². The number of nitrogens with zero attached hydrogens (tertiary/aromatic N) is 1. The molecule has 0 aliphatic heterocycles. The monoisotopic (exact) mass is 865 g/mol. The van der Waals surface area contributed by atoms with Crippen LogP contribution in [0.3, 0.4) is 0 Å². The largest absolute Gasteiger partial charge is 0.310 e. The van der Waals surface area contributed by atoms with Crippen LogP contribution in [0.2, 0.25) is 0 Å². The molecule has 0 amide bonds. The second kappa shape index (κ2) is 15.8. The predicted molar refractivity (Wildman–Crippen MR) is 290 cm³/mol. The summed E-state index contributed by atoms with van der Waals surface area (Å²) in [6, 6.07) is 92.1. The molecule has 1 aliphatic rings. The molecule has 320 valence electrons. The van der Waals surface area contributed by atoms with E-state index < -0.39 is 0 Å². The van der Waals surface area contributed by atoms with Crippen molar-refractivity contribution in [2.45, 2.75) is 19.3 Å². The lowest BCUT2D eigenvalue weighted by Crippen LogP contribution is -2.17. The molecular weight excluding hydrogens is 819 g/mol. The van der Waals surface area contributed by atoms with Crippen LogP contribution in [0.5, 0.6) is 0 Å². The van der Waals surface area contributed by atoms with Gasteiger partial charge >= 0.3 is 0 Å². The van der Waals surface area contributed by atoms with Crippen molar-refractivity contribution in [1.29, 1.82) is 0 Å². The quantitative estimate of drug-likeness (QED) is 0.144. The van der Waals surface area contributed by atoms with E-state index in [9.17, 15) is 0 Å². The fraction of sp³-hybridized carbons (Fsp3) is 0.0448. The Morgan fingerprint density at radius 1 is 0.279 bits per heavy atom. The van der Waals surface area contributed by atoms with Crippen LogP contribution in [0, 0.1) is 0 Å². The lowest BCUT2D eigenvalue weighted by molar-refractivity contribution is 0.660. The molecule has 0 saturated heterocycles. The Morgan fingerprint density at radius 3 is 1.34 bits per heavy atom. The van der Waals surface area contributed by atoms with E-state index in [1.165, 1.54) is 110 Å². The summed E-state index contributed by atoms with van der Waals surface area (Å²) in [5.41, 5.74) is 18.2. The smallest absolute Gasteiger partial charge is 0.0543 e. The maximum Gasteiger partial charge on any atom is 0.0543 e. The zero-order valence-electron chi connectivity index (χ0n) is 38.1. The second-order valence-corrected chi connectivity index (χ2v) is 18.8. The van der Waals surface area contributed by atoms with Crippen molar-refractivity contribution >= 4 is 60.2 Å². The predicted octanol–water partition coefficient (Wildman–Crippen LogP) is 18.7. The van der Waals surface area contributed by atoms with Gasteiger partial charge in [-0.25, -0.2) is 0 Å². The minimum absolute atomic E-state index is 0.183. The first kappa shape index (κ1) is 39.8. The molecule has 0 atom stereocenters. The van der Waals surface area contributed by atoms with Gasteiger partial charge in [-0.15, -0.1) is 0 Å². The lowest BCUT2D eigenvalue weighted by Gasteiger charge is -2.31. The van der Waals surface area contributed by atoms with Gasteiger partial charge in [0.1, 0.15) is 0 Å². The Labute approximate surface area is 397 Å². The third kappa shape index (κ3) is 6.31. The molecule has 1 nitrogen and oxygen atoms in total. The SMILES string of the molecule is CC1(C)c2ccccc2-c2cc(-c3ccccc3)c(N(c3ccc(-c4cc5ccccc5c5ccccc45)cc3)c3ccc(-c4c(-c5ccccc5)c5ccccc5c5ccccc45)cc3)cc21. The highest BCUT2D eigenvalue weighted by Crippen LogP contribution is 2.54. The van der Waals surface area contributed by atoms with Crippen LogP contribution in [-0.4, -0.2) is 0 Å². The Balaban J connectivity index is 1.04. The van der Waals surface area contributed by atoms with Gasteiger partial charge in [-0.3, -0.25) is 0 Å². The van der Waals surface area contributed by atoms with Crippen molar-refractivity contribution in [3.8, 4) is 55.6 Å². The van der Waals surface area contributed by atoms with E-state index in [-0.39, 0.29) is 5.41 Å². The zero-order valence-corrected chi connectivity index (χ0v) is 38.1. The first-order chi connectivity index (χ1) is 33.5.